The van der Waals surface area contributed by atoms with E-state index >= 15 is 0 Å². The third-order valence-electron chi connectivity index (χ3n) is 5.57. The Morgan fingerprint density at radius 2 is 0.500 bits per heavy atom. The highest BCUT2D eigenvalue weighted by atomic mass is 16.6. The lowest BCUT2D eigenvalue weighted by atomic mass is 10.4. The number of hydrogen-bond acceptors (Lipinski definition) is 14. The third kappa shape index (κ3) is 43.0. The lowest BCUT2D eigenvalue weighted by molar-refractivity contribution is -0.138. The third-order valence-corrected chi connectivity index (χ3v) is 5.57. The minimum atomic E-state index is -0.874. The quantitative estimate of drug-likeness (QED) is 0.0928. The molecule has 0 saturated heterocycles. The van der Waals surface area contributed by atoms with E-state index < -0.39 is 5.97 Å². The number of carboxylic acid groups (broad SMARTS) is 1. The Kier molecular flexibility index (Phi) is 41.0. The van der Waals surface area contributed by atoms with Gasteiger partial charge < -0.3 is 66.7 Å². The van der Waals surface area contributed by atoms with Gasteiger partial charge in [-0.1, -0.05) is 13.3 Å². The SMILES string of the molecule is CCCCOCCOCCOCCOCCOCCOCCOCCOCCOCCOCCOCCOCCOCCC(=O)O. The first-order chi connectivity index (χ1) is 22.8. The molecule has 276 valence electrons. The molecule has 0 bridgehead atoms. The molecule has 0 atom stereocenters. The standard InChI is InChI=1S/C31H62O15/c1-2-3-5-34-7-9-36-11-13-38-15-17-40-19-21-42-23-25-44-27-29-46-30-28-45-26-24-43-22-20-41-18-16-39-14-12-37-10-8-35-6-4-31(32)33/h2-30H2,1H3,(H,32,33). The molecule has 0 spiro atoms. The van der Waals surface area contributed by atoms with E-state index in [0.717, 1.165) is 19.4 Å². The first-order valence-corrected chi connectivity index (χ1v) is 16.5. The lowest BCUT2D eigenvalue weighted by Crippen LogP contribution is -2.15. The number of aliphatic carboxylic acids is 1. The number of ether oxygens (including phenoxy) is 13. The Morgan fingerprint density at radius 1 is 0.326 bits per heavy atom. The maximum Gasteiger partial charge on any atom is 0.305 e. The van der Waals surface area contributed by atoms with Gasteiger partial charge in [0.25, 0.3) is 0 Å². The van der Waals surface area contributed by atoms with E-state index in [1.54, 1.807) is 0 Å². The van der Waals surface area contributed by atoms with E-state index in [1.807, 2.05) is 0 Å². The Morgan fingerprint density at radius 3 is 0.674 bits per heavy atom. The molecule has 0 aliphatic carbocycles. The van der Waals surface area contributed by atoms with E-state index in [9.17, 15) is 4.79 Å². The summed E-state index contributed by atoms with van der Waals surface area (Å²) < 4.78 is 70.3. The summed E-state index contributed by atoms with van der Waals surface area (Å²) in [7, 11) is 0. The normalized spacial score (nSPS) is 11.5. The van der Waals surface area contributed by atoms with Crippen LogP contribution in [0.25, 0.3) is 0 Å². The second kappa shape index (κ2) is 42.0. The van der Waals surface area contributed by atoms with E-state index in [-0.39, 0.29) is 13.0 Å². The number of hydrogen-bond donors (Lipinski definition) is 1. The first-order valence-electron chi connectivity index (χ1n) is 16.5. The van der Waals surface area contributed by atoms with Crippen molar-refractivity contribution in [2.24, 2.45) is 0 Å². The average molecular weight is 675 g/mol. The van der Waals surface area contributed by atoms with Gasteiger partial charge in [-0.05, 0) is 6.42 Å². The predicted molar refractivity (Wildman–Crippen MR) is 168 cm³/mol. The molecule has 0 aliphatic heterocycles. The van der Waals surface area contributed by atoms with E-state index in [4.69, 9.17) is 66.7 Å². The summed E-state index contributed by atoms with van der Waals surface area (Å²) >= 11 is 0. The van der Waals surface area contributed by atoms with Gasteiger partial charge in [0.2, 0.25) is 0 Å². The van der Waals surface area contributed by atoms with E-state index in [2.05, 4.69) is 6.92 Å². The summed E-state index contributed by atoms with van der Waals surface area (Å²) in [5.41, 5.74) is 0. The molecule has 15 heteroatoms. The van der Waals surface area contributed by atoms with Crippen molar-refractivity contribution in [2.75, 3.05) is 172 Å². The highest BCUT2D eigenvalue weighted by Gasteiger charge is 1.98. The largest absolute Gasteiger partial charge is 0.481 e. The van der Waals surface area contributed by atoms with Crippen LogP contribution in [0.15, 0.2) is 0 Å². The Labute approximate surface area is 275 Å². The van der Waals surface area contributed by atoms with Crippen LogP contribution in [0.1, 0.15) is 26.2 Å². The molecule has 0 aromatic heterocycles. The summed E-state index contributed by atoms with van der Waals surface area (Å²) in [6.45, 7) is 15.2. The fraction of sp³-hybridized carbons (Fsp3) is 0.968. The fourth-order valence-corrected chi connectivity index (χ4v) is 3.15. The van der Waals surface area contributed by atoms with E-state index in [0.29, 0.717) is 159 Å². The van der Waals surface area contributed by atoms with Gasteiger partial charge in [-0.3, -0.25) is 4.79 Å². The Bertz CT molecular complexity index is 574. The number of carboxylic acids is 1. The van der Waals surface area contributed by atoms with Crippen LogP contribution in [0.5, 0.6) is 0 Å². The van der Waals surface area contributed by atoms with Gasteiger partial charge >= 0.3 is 5.97 Å². The van der Waals surface area contributed by atoms with Crippen LogP contribution in [0.4, 0.5) is 0 Å². The van der Waals surface area contributed by atoms with Crippen molar-refractivity contribution in [2.45, 2.75) is 26.2 Å². The molecule has 0 aromatic rings. The molecule has 0 amide bonds. The molecule has 0 heterocycles. The van der Waals surface area contributed by atoms with Crippen LogP contribution in [-0.2, 0) is 66.4 Å². The van der Waals surface area contributed by atoms with Crippen LogP contribution in [-0.4, -0.2) is 183 Å². The second-order valence-corrected chi connectivity index (χ2v) is 9.46. The molecule has 0 radical (unpaired) electrons. The zero-order chi connectivity index (χ0) is 33.3. The molecular formula is C31H62O15. The smallest absolute Gasteiger partial charge is 0.305 e. The van der Waals surface area contributed by atoms with Gasteiger partial charge in [0, 0.05) is 6.61 Å². The van der Waals surface area contributed by atoms with Crippen LogP contribution in [0.2, 0.25) is 0 Å². The fourth-order valence-electron chi connectivity index (χ4n) is 3.15. The summed E-state index contributed by atoms with van der Waals surface area (Å²) in [6.07, 6.45) is 2.23. The predicted octanol–water partition coefficient (Wildman–Crippen LogP) is 1.48. The van der Waals surface area contributed by atoms with Crippen molar-refractivity contribution in [3.05, 3.63) is 0 Å². The molecule has 46 heavy (non-hydrogen) atoms. The zero-order valence-corrected chi connectivity index (χ0v) is 28.2. The van der Waals surface area contributed by atoms with Crippen LogP contribution in [0.3, 0.4) is 0 Å². The summed E-state index contributed by atoms with van der Waals surface area (Å²) in [5.74, 6) is -0.874. The highest BCUT2D eigenvalue weighted by Crippen LogP contribution is 1.90. The molecule has 0 unspecified atom stereocenters. The van der Waals surface area contributed by atoms with Gasteiger partial charge in [-0.25, -0.2) is 0 Å². The maximum atomic E-state index is 10.3. The molecule has 0 aromatic carbocycles. The van der Waals surface area contributed by atoms with Gasteiger partial charge in [-0.15, -0.1) is 0 Å². The van der Waals surface area contributed by atoms with Crippen molar-refractivity contribution < 1.29 is 71.5 Å². The molecule has 0 rings (SSSR count). The molecular weight excluding hydrogens is 612 g/mol. The zero-order valence-electron chi connectivity index (χ0n) is 28.2. The molecule has 0 aliphatic rings. The van der Waals surface area contributed by atoms with Crippen LogP contribution >= 0.6 is 0 Å². The minimum Gasteiger partial charge on any atom is -0.481 e. The molecule has 0 saturated carbocycles. The second-order valence-electron chi connectivity index (χ2n) is 9.46. The topological polar surface area (TPSA) is 157 Å². The summed E-state index contributed by atoms with van der Waals surface area (Å²) in [4.78, 5) is 10.3. The summed E-state index contributed by atoms with van der Waals surface area (Å²) in [5, 5.41) is 8.49. The van der Waals surface area contributed by atoms with Gasteiger partial charge in [0.1, 0.15) is 0 Å². The van der Waals surface area contributed by atoms with Crippen LogP contribution < -0.4 is 0 Å². The Balaban J connectivity index is 3.04. The van der Waals surface area contributed by atoms with E-state index in [1.165, 1.54) is 0 Å². The summed E-state index contributed by atoms with van der Waals surface area (Å²) in [6, 6.07) is 0. The monoisotopic (exact) mass is 674 g/mol. The van der Waals surface area contributed by atoms with Gasteiger partial charge in [0.15, 0.2) is 0 Å². The number of unbranched alkanes of at least 4 members (excludes halogenated alkanes) is 1. The van der Waals surface area contributed by atoms with Crippen molar-refractivity contribution in [3.63, 3.8) is 0 Å². The number of rotatable bonds is 42. The van der Waals surface area contributed by atoms with Crippen molar-refractivity contribution in [1.82, 2.24) is 0 Å². The molecule has 1 N–H and O–H groups in total. The molecule has 15 nitrogen and oxygen atoms in total. The van der Waals surface area contributed by atoms with Gasteiger partial charge in [-0.2, -0.15) is 0 Å². The average Bonchev–Trinajstić information content (AvgIpc) is 3.05. The lowest BCUT2D eigenvalue weighted by Gasteiger charge is -2.09. The first kappa shape index (κ1) is 45.0. The Hall–Kier alpha value is -1.05. The minimum absolute atomic E-state index is 0.00214. The van der Waals surface area contributed by atoms with Gasteiger partial charge in [0.05, 0.1) is 172 Å². The molecule has 0 fully saturated rings. The van der Waals surface area contributed by atoms with Crippen LogP contribution in [0, 0.1) is 0 Å². The van der Waals surface area contributed by atoms with Crippen molar-refractivity contribution >= 4 is 5.97 Å². The number of carbonyl (C=O) groups is 1. The van der Waals surface area contributed by atoms with Crippen molar-refractivity contribution in [3.8, 4) is 0 Å². The highest BCUT2D eigenvalue weighted by molar-refractivity contribution is 5.66. The van der Waals surface area contributed by atoms with Crippen molar-refractivity contribution in [1.29, 1.82) is 0 Å². The maximum absolute atomic E-state index is 10.3.